The molecule has 0 aliphatic rings. The lowest BCUT2D eigenvalue weighted by Crippen LogP contribution is -2.37. The molecule has 1 rings (SSSR count). The Morgan fingerprint density at radius 1 is 1.15 bits per heavy atom. The minimum Gasteiger partial charge on any atom is -0.460 e. The number of unbranched alkanes of at least 4 members (excludes halogenated alkanes) is 3. The highest BCUT2D eigenvalue weighted by molar-refractivity contribution is 5.79. The number of nitrogens with zero attached hydrogens (tertiary/aromatic N) is 3. The van der Waals surface area contributed by atoms with Gasteiger partial charge in [-0.25, -0.2) is 0 Å². The fraction of sp³-hybridized carbons (Fsp3) is 0.750. The molecular formula is C20H37N5O2. The van der Waals surface area contributed by atoms with E-state index in [0.29, 0.717) is 6.42 Å². The lowest BCUT2D eigenvalue weighted by Gasteiger charge is -2.19. The van der Waals surface area contributed by atoms with Crippen LogP contribution in [0, 0.1) is 0 Å². The first-order valence-corrected chi connectivity index (χ1v) is 10.1. The summed E-state index contributed by atoms with van der Waals surface area (Å²) in [4.78, 5) is 16.2. The van der Waals surface area contributed by atoms with Crippen LogP contribution in [0.1, 0.15) is 66.2 Å². The highest BCUT2D eigenvalue weighted by Crippen LogP contribution is 2.10. The van der Waals surface area contributed by atoms with Gasteiger partial charge in [0.05, 0.1) is 0 Å². The molecule has 0 aliphatic carbocycles. The van der Waals surface area contributed by atoms with Gasteiger partial charge in [-0.3, -0.25) is 14.5 Å². The van der Waals surface area contributed by atoms with Gasteiger partial charge in [0.15, 0.2) is 5.96 Å². The van der Waals surface area contributed by atoms with Gasteiger partial charge in [0.25, 0.3) is 0 Å². The van der Waals surface area contributed by atoms with E-state index in [4.69, 9.17) is 4.74 Å². The normalized spacial score (nSPS) is 12.1. The Morgan fingerprint density at radius 3 is 2.59 bits per heavy atom. The second-order valence-electron chi connectivity index (χ2n) is 7.56. The number of guanidine groups is 1. The second-order valence-corrected chi connectivity index (χ2v) is 7.56. The van der Waals surface area contributed by atoms with Crippen molar-refractivity contribution in [2.75, 3.05) is 19.6 Å². The number of aryl methyl sites for hydroxylation is 1. The molecule has 7 nitrogen and oxygen atoms in total. The number of aromatic nitrogens is 2. The van der Waals surface area contributed by atoms with Crippen LogP contribution in [0.15, 0.2) is 23.5 Å². The molecule has 0 fully saturated rings. The van der Waals surface area contributed by atoms with Crippen molar-refractivity contribution in [1.82, 2.24) is 20.4 Å². The van der Waals surface area contributed by atoms with Crippen molar-refractivity contribution >= 4 is 11.9 Å². The van der Waals surface area contributed by atoms with E-state index in [-0.39, 0.29) is 11.6 Å². The van der Waals surface area contributed by atoms with E-state index >= 15 is 0 Å². The van der Waals surface area contributed by atoms with Gasteiger partial charge in [-0.1, -0.05) is 12.8 Å². The van der Waals surface area contributed by atoms with Crippen LogP contribution in [0.25, 0.3) is 0 Å². The van der Waals surface area contributed by atoms with Crippen molar-refractivity contribution < 1.29 is 9.53 Å². The molecule has 154 valence electrons. The minimum absolute atomic E-state index is 0.0997. The van der Waals surface area contributed by atoms with Crippen LogP contribution in [0.5, 0.6) is 0 Å². The van der Waals surface area contributed by atoms with Crippen LogP contribution in [0.4, 0.5) is 0 Å². The van der Waals surface area contributed by atoms with Gasteiger partial charge in [0, 0.05) is 45.0 Å². The van der Waals surface area contributed by atoms with Crippen LogP contribution in [0.3, 0.4) is 0 Å². The van der Waals surface area contributed by atoms with Gasteiger partial charge in [-0.05, 0) is 53.0 Å². The number of aliphatic imine (C=N–C) groups is 1. The number of carbonyl (C=O) groups excluding carboxylic acids is 1. The Kier molecular flexibility index (Phi) is 11.2. The van der Waals surface area contributed by atoms with Crippen molar-refractivity contribution in [3.63, 3.8) is 0 Å². The number of ether oxygens (including phenoxy) is 1. The summed E-state index contributed by atoms with van der Waals surface area (Å²) in [6, 6.07) is 1.93. The Morgan fingerprint density at radius 2 is 1.93 bits per heavy atom. The number of hydrogen-bond donors (Lipinski definition) is 2. The Labute approximate surface area is 164 Å². The van der Waals surface area contributed by atoms with E-state index in [0.717, 1.165) is 64.2 Å². The number of hydrogen-bond acceptors (Lipinski definition) is 4. The summed E-state index contributed by atoms with van der Waals surface area (Å²) in [5.41, 5.74) is -0.387. The van der Waals surface area contributed by atoms with Crippen LogP contribution >= 0.6 is 0 Å². The van der Waals surface area contributed by atoms with Gasteiger partial charge >= 0.3 is 5.97 Å². The molecule has 0 unspecified atom stereocenters. The van der Waals surface area contributed by atoms with Gasteiger partial charge in [0.1, 0.15) is 5.60 Å². The summed E-state index contributed by atoms with van der Waals surface area (Å²) in [7, 11) is 0. The number of rotatable bonds is 12. The van der Waals surface area contributed by atoms with E-state index in [1.54, 1.807) is 6.20 Å². The number of nitrogens with one attached hydrogen (secondary N) is 2. The summed E-state index contributed by atoms with van der Waals surface area (Å²) in [6.45, 7) is 11.2. The third-order valence-electron chi connectivity index (χ3n) is 3.74. The van der Waals surface area contributed by atoms with E-state index in [2.05, 4.69) is 27.6 Å². The standard InChI is InChI=1S/C20H37N5O2/c1-5-21-19(23-14-10-16-25-17-11-15-24-25)22-13-9-7-6-8-12-18(26)27-20(2,3)4/h11,15,17H,5-10,12-14,16H2,1-4H3,(H2,21,22,23). The number of carbonyl (C=O) groups is 1. The Bertz CT molecular complexity index is 535. The smallest absolute Gasteiger partial charge is 0.306 e. The zero-order valence-electron chi connectivity index (χ0n) is 17.5. The topological polar surface area (TPSA) is 80.5 Å². The van der Waals surface area contributed by atoms with Crippen LogP contribution < -0.4 is 10.6 Å². The van der Waals surface area contributed by atoms with Crippen molar-refractivity contribution in [2.45, 2.75) is 78.4 Å². The van der Waals surface area contributed by atoms with Crippen molar-refractivity contribution in [3.05, 3.63) is 18.5 Å². The molecule has 2 N–H and O–H groups in total. The zero-order valence-corrected chi connectivity index (χ0v) is 17.5. The van der Waals surface area contributed by atoms with Gasteiger partial charge < -0.3 is 15.4 Å². The SMILES string of the molecule is CCNC(=NCCCn1cccn1)NCCCCCCC(=O)OC(C)(C)C. The molecular weight excluding hydrogens is 342 g/mol. The highest BCUT2D eigenvalue weighted by atomic mass is 16.6. The maximum Gasteiger partial charge on any atom is 0.306 e. The predicted molar refractivity (Wildman–Crippen MR) is 110 cm³/mol. The summed E-state index contributed by atoms with van der Waals surface area (Å²) in [5.74, 6) is 0.768. The molecule has 0 amide bonds. The first-order valence-electron chi connectivity index (χ1n) is 10.1. The maximum absolute atomic E-state index is 11.6. The van der Waals surface area contributed by atoms with Crippen molar-refractivity contribution in [1.29, 1.82) is 0 Å². The predicted octanol–water partition coefficient (Wildman–Crippen LogP) is 3.12. The van der Waals surface area contributed by atoms with Gasteiger partial charge in [-0.15, -0.1) is 0 Å². The number of esters is 1. The molecule has 0 spiro atoms. The van der Waals surface area contributed by atoms with E-state index < -0.39 is 0 Å². The average molecular weight is 380 g/mol. The third kappa shape index (κ3) is 12.9. The van der Waals surface area contributed by atoms with Gasteiger partial charge in [0.2, 0.25) is 0 Å². The molecule has 0 saturated carbocycles. The molecule has 0 aromatic carbocycles. The lowest BCUT2D eigenvalue weighted by molar-refractivity contribution is -0.154. The maximum atomic E-state index is 11.6. The summed E-state index contributed by atoms with van der Waals surface area (Å²) >= 11 is 0. The van der Waals surface area contributed by atoms with E-state index in [9.17, 15) is 4.79 Å². The largest absolute Gasteiger partial charge is 0.460 e. The molecule has 27 heavy (non-hydrogen) atoms. The van der Waals surface area contributed by atoms with Crippen LogP contribution in [-0.4, -0.2) is 46.9 Å². The molecule has 0 aliphatic heterocycles. The second kappa shape index (κ2) is 13.2. The first-order chi connectivity index (χ1) is 12.9. The average Bonchev–Trinajstić information content (AvgIpc) is 3.09. The van der Waals surface area contributed by atoms with Crippen LogP contribution in [-0.2, 0) is 16.1 Å². The molecule has 1 aromatic heterocycles. The molecule has 1 heterocycles. The molecule has 7 heteroatoms. The van der Waals surface area contributed by atoms with E-state index in [1.807, 2.05) is 37.7 Å². The molecule has 0 atom stereocenters. The quantitative estimate of drug-likeness (QED) is 0.252. The fourth-order valence-electron chi connectivity index (χ4n) is 2.55. The molecule has 0 saturated heterocycles. The van der Waals surface area contributed by atoms with Crippen LogP contribution in [0.2, 0.25) is 0 Å². The Hall–Kier alpha value is -2.05. The highest BCUT2D eigenvalue weighted by Gasteiger charge is 2.15. The Balaban J connectivity index is 2.08. The first kappa shape index (κ1) is 23.0. The molecule has 1 aromatic rings. The monoisotopic (exact) mass is 379 g/mol. The summed E-state index contributed by atoms with van der Waals surface area (Å²) in [5, 5.41) is 10.8. The minimum atomic E-state index is -0.387. The summed E-state index contributed by atoms with van der Waals surface area (Å²) in [6.07, 6.45) is 9.31. The van der Waals surface area contributed by atoms with E-state index in [1.165, 1.54) is 0 Å². The fourth-order valence-corrected chi connectivity index (χ4v) is 2.55. The van der Waals surface area contributed by atoms with Gasteiger partial charge in [-0.2, -0.15) is 5.10 Å². The summed E-state index contributed by atoms with van der Waals surface area (Å²) < 4.78 is 7.24. The zero-order chi connectivity index (χ0) is 20.0. The lowest BCUT2D eigenvalue weighted by atomic mass is 10.1. The molecule has 0 radical (unpaired) electrons. The van der Waals surface area contributed by atoms with Crippen molar-refractivity contribution in [3.8, 4) is 0 Å². The third-order valence-corrected chi connectivity index (χ3v) is 3.74. The van der Waals surface area contributed by atoms with Crippen molar-refractivity contribution in [2.24, 2.45) is 4.99 Å². The molecule has 0 bridgehead atoms.